The molecule has 0 aromatic rings. The van der Waals surface area contributed by atoms with Gasteiger partial charge in [-0.3, -0.25) is 0 Å². The van der Waals surface area contributed by atoms with E-state index < -0.39 is 0 Å². The Kier molecular flexibility index (Phi) is 24.0. The largest absolute Gasteiger partial charge is 0.668 e. The monoisotopic (exact) mass is 268 g/mol. The van der Waals surface area contributed by atoms with Crippen molar-refractivity contribution in [1.29, 1.82) is 0 Å². The predicted molar refractivity (Wildman–Crippen MR) is 28.2 cm³/mol. The van der Waals surface area contributed by atoms with Crippen LogP contribution in [0.3, 0.4) is 0 Å². The summed E-state index contributed by atoms with van der Waals surface area (Å²) in [5.74, 6) is 0. The molecule has 0 atom stereocenters. The molecular weight excluding hydrogens is 257 g/mol. The Morgan fingerprint density at radius 2 is 1.71 bits per heavy atom. The molecule has 0 aromatic carbocycles. The Bertz CT molecular complexity index is 30.9. The van der Waals surface area contributed by atoms with Gasteiger partial charge in [-0.2, -0.15) is 14.1 Å². The van der Waals surface area contributed by atoms with Gasteiger partial charge in [0.1, 0.15) is 0 Å². The maximum atomic E-state index is 3.85. The molecule has 2 nitrogen and oxygen atoms in total. The summed E-state index contributed by atoms with van der Waals surface area (Å²) in [5, 5.41) is 3.50. The van der Waals surface area contributed by atoms with Gasteiger partial charge in [0.25, 0.3) is 0 Å². The first-order chi connectivity index (χ1) is 3.33. The molecule has 0 aliphatic carbocycles. The Labute approximate surface area is 57.5 Å². The van der Waals surface area contributed by atoms with Gasteiger partial charge in [-0.05, 0) is 0 Å². The minimum Gasteiger partial charge on any atom is -0.668 e. The summed E-state index contributed by atoms with van der Waals surface area (Å²) in [6.45, 7) is 3.04. The average Bonchev–Trinajstić information content (AvgIpc) is 1.69. The molecule has 0 unspecified atom stereocenters. The molecule has 3 heteroatoms. The third-order valence-corrected chi connectivity index (χ3v) is 1.16. The van der Waals surface area contributed by atoms with E-state index in [1.54, 1.807) is 14.1 Å². The molecule has 0 bridgehead atoms. The molecule has 0 N–H and O–H groups in total. The molecule has 0 heterocycles. The van der Waals surface area contributed by atoms with Crippen LogP contribution in [-0.4, -0.2) is 20.6 Å². The Morgan fingerprint density at radius 1 is 1.57 bits per heavy atom. The number of rotatable bonds is 1. The second-order valence-electron chi connectivity index (χ2n) is 0.905. The quantitative estimate of drug-likeness (QED) is 0.686. The van der Waals surface area contributed by atoms with Crippen molar-refractivity contribution in [2.75, 3.05) is 20.6 Å². The summed E-state index contributed by atoms with van der Waals surface area (Å²) in [6, 6.07) is 0. The molecule has 0 aliphatic heterocycles. The molecule has 0 aliphatic rings. The summed E-state index contributed by atoms with van der Waals surface area (Å²) in [5.41, 5.74) is 0. The van der Waals surface area contributed by atoms with Crippen molar-refractivity contribution < 1.29 is 20.9 Å². The normalized spacial score (nSPS) is 6.00. The summed E-state index contributed by atoms with van der Waals surface area (Å²) < 4.78 is 3.85. The van der Waals surface area contributed by atoms with Crippen molar-refractivity contribution in [2.45, 2.75) is 6.92 Å². The van der Waals surface area contributed by atoms with Crippen LogP contribution < -0.4 is 0 Å². The van der Waals surface area contributed by atoms with Gasteiger partial charge in [-0.25, -0.2) is 0 Å². The van der Waals surface area contributed by atoms with E-state index in [9.17, 15) is 0 Å². The Morgan fingerprint density at radius 3 is 1.71 bits per heavy atom. The van der Waals surface area contributed by atoms with Crippen molar-refractivity contribution in [3.63, 3.8) is 0 Å². The third kappa shape index (κ3) is 58.5. The topological polar surface area (TPSA) is 26.5 Å². The van der Waals surface area contributed by atoms with E-state index in [0.717, 1.165) is 6.54 Å². The van der Waals surface area contributed by atoms with E-state index >= 15 is 0 Å². The van der Waals surface area contributed by atoms with Crippen LogP contribution >= 0.6 is 0 Å². The zero-order valence-electron chi connectivity index (χ0n) is 5.05. The third-order valence-electron chi connectivity index (χ3n) is 0.141. The molecule has 0 aromatic heterocycles. The zero-order valence-corrected chi connectivity index (χ0v) is 8.26. The standard InChI is InChI=1S/C2H6N.C2H5N.Ta/c1-3-2;1-2-3;/h1-2H3;2H2,1H3;/q-1;;. The number of hydrogen-bond acceptors (Lipinski definition) is 1. The molecule has 0 fully saturated rings. The van der Waals surface area contributed by atoms with E-state index in [0.29, 0.717) is 0 Å². The predicted octanol–water partition coefficient (Wildman–Crippen LogP) is 1.36. The second-order valence-corrected chi connectivity index (χ2v) is 1.92. The first-order valence-electron chi connectivity index (χ1n) is 2.12. The summed E-state index contributed by atoms with van der Waals surface area (Å²) >= 11 is 1.17. The molecule has 43 valence electrons. The van der Waals surface area contributed by atoms with Gasteiger partial charge in [0, 0.05) is 0 Å². The minimum absolute atomic E-state index is 0.994. The molecule has 0 radical (unpaired) electrons. The van der Waals surface area contributed by atoms with Gasteiger partial charge in [0.15, 0.2) is 0 Å². The summed E-state index contributed by atoms with van der Waals surface area (Å²) in [4.78, 5) is 0. The Balaban J connectivity index is 0. The molecule has 0 saturated carbocycles. The van der Waals surface area contributed by atoms with Crippen LogP contribution in [0.4, 0.5) is 0 Å². The van der Waals surface area contributed by atoms with Crippen molar-refractivity contribution in [3.05, 3.63) is 5.32 Å². The van der Waals surface area contributed by atoms with Crippen molar-refractivity contribution in [3.8, 4) is 0 Å². The van der Waals surface area contributed by atoms with Crippen molar-refractivity contribution in [2.24, 2.45) is 3.34 Å². The average molecular weight is 268 g/mol. The van der Waals surface area contributed by atoms with Crippen LogP contribution in [-0.2, 0) is 20.9 Å². The summed E-state index contributed by atoms with van der Waals surface area (Å²) in [6.07, 6.45) is 0. The van der Waals surface area contributed by atoms with Crippen LogP contribution in [0.2, 0.25) is 0 Å². The second kappa shape index (κ2) is 16.1. The number of hydrogen-bond donors (Lipinski definition) is 0. The zero-order chi connectivity index (χ0) is 6.12. The van der Waals surface area contributed by atoms with Gasteiger partial charge in [-0.15, -0.1) is 0 Å². The maximum absolute atomic E-state index is 3.85. The van der Waals surface area contributed by atoms with Gasteiger partial charge < -0.3 is 5.32 Å². The molecule has 0 spiro atoms. The van der Waals surface area contributed by atoms with E-state index in [4.69, 9.17) is 0 Å². The van der Waals surface area contributed by atoms with E-state index in [1.807, 2.05) is 6.92 Å². The van der Waals surface area contributed by atoms with Crippen LogP contribution in [0.1, 0.15) is 6.92 Å². The molecule has 0 saturated heterocycles. The maximum Gasteiger partial charge on any atom is -0.162 e. The van der Waals surface area contributed by atoms with Gasteiger partial charge >= 0.3 is 37.7 Å². The first kappa shape index (κ1) is 10.5. The molecular formula is C4H11N2Ta-. The molecule has 7 heavy (non-hydrogen) atoms. The van der Waals surface area contributed by atoms with Crippen LogP contribution in [0.25, 0.3) is 5.32 Å². The minimum atomic E-state index is 0.994. The molecule has 0 amide bonds. The first-order valence-corrected chi connectivity index (χ1v) is 3.55. The van der Waals surface area contributed by atoms with Gasteiger partial charge in [0.2, 0.25) is 0 Å². The van der Waals surface area contributed by atoms with Gasteiger partial charge in [0.05, 0.1) is 0 Å². The van der Waals surface area contributed by atoms with Crippen molar-refractivity contribution >= 4 is 0 Å². The fraction of sp³-hybridized carbons (Fsp3) is 1.00. The number of nitrogens with zero attached hydrogens (tertiary/aromatic N) is 2. The van der Waals surface area contributed by atoms with Crippen LogP contribution in [0.5, 0.6) is 0 Å². The van der Waals surface area contributed by atoms with Crippen LogP contribution in [0.15, 0.2) is 3.34 Å². The smallest absolute Gasteiger partial charge is 0.162 e. The Hall–Kier alpha value is 0.500. The van der Waals surface area contributed by atoms with Crippen molar-refractivity contribution in [1.82, 2.24) is 0 Å². The fourth-order valence-electron chi connectivity index (χ4n) is 0. The SMILES string of the molecule is CC[N]=[Ta].C[N-]C. The van der Waals surface area contributed by atoms with E-state index in [-0.39, 0.29) is 0 Å². The van der Waals surface area contributed by atoms with E-state index in [2.05, 4.69) is 8.65 Å². The molecule has 0 rings (SSSR count). The van der Waals surface area contributed by atoms with Crippen LogP contribution in [0, 0.1) is 0 Å². The van der Waals surface area contributed by atoms with E-state index in [1.165, 1.54) is 20.9 Å². The fourth-order valence-corrected chi connectivity index (χ4v) is 0. The summed E-state index contributed by atoms with van der Waals surface area (Å²) in [7, 11) is 3.50. The van der Waals surface area contributed by atoms with Gasteiger partial charge in [-0.1, -0.05) is 0 Å².